The number of hydrogen-bond acceptors (Lipinski definition) is 3. The third-order valence-electron chi connectivity index (χ3n) is 2.75. The average Bonchev–Trinajstić information content (AvgIpc) is 2.49. The van der Waals surface area contributed by atoms with Crippen LogP contribution in [-0.4, -0.2) is 12.0 Å². The van der Waals surface area contributed by atoms with Gasteiger partial charge in [-0.25, -0.2) is 0 Å². The highest BCUT2D eigenvalue weighted by molar-refractivity contribution is 14.1. The van der Waals surface area contributed by atoms with E-state index in [1.807, 2.05) is 30.3 Å². The molecule has 2 aromatic carbocycles. The Morgan fingerprint density at radius 3 is 2.67 bits per heavy atom. The molecule has 0 aliphatic carbocycles. The van der Waals surface area contributed by atoms with Crippen LogP contribution in [0.1, 0.15) is 12.5 Å². The van der Waals surface area contributed by atoms with Gasteiger partial charge in [0.1, 0.15) is 5.75 Å². The number of nitriles is 1. The van der Waals surface area contributed by atoms with E-state index in [0.717, 1.165) is 3.57 Å². The molecule has 0 radical (unpaired) electrons. The summed E-state index contributed by atoms with van der Waals surface area (Å²) in [5, 5.41) is 11.6. The average molecular weight is 392 g/mol. The molecule has 2 aromatic rings. The molecule has 0 spiro atoms. The zero-order valence-electron chi connectivity index (χ0n) is 11.3. The van der Waals surface area contributed by atoms with Gasteiger partial charge in [0.15, 0.2) is 6.10 Å². The highest BCUT2D eigenvalue weighted by atomic mass is 127. The zero-order chi connectivity index (χ0) is 15.2. The Bertz CT molecular complexity index is 677. The molecule has 0 aliphatic heterocycles. The molecule has 0 saturated carbocycles. The number of rotatable bonds is 4. The topological polar surface area (TPSA) is 62.1 Å². The highest BCUT2D eigenvalue weighted by Gasteiger charge is 2.15. The monoisotopic (exact) mass is 392 g/mol. The molecule has 1 N–H and O–H groups in total. The molecule has 0 aromatic heterocycles. The van der Waals surface area contributed by atoms with Gasteiger partial charge in [0.2, 0.25) is 0 Å². The summed E-state index contributed by atoms with van der Waals surface area (Å²) >= 11 is 2.20. The van der Waals surface area contributed by atoms with E-state index in [1.54, 1.807) is 31.2 Å². The van der Waals surface area contributed by atoms with Crippen LogP contribution < -0.4 is 10.1 Å². The Balaban J connectivity index is 1.99. The predicted octanol–water partition coefficient (Wildman–Crippen LogP) is 3.57. The molecule has 0 fully saturated rings. The first kappa shape index (κ1) is 15.3. The normalized spacial score (nSPS) is 11.3. The van der Waals surface area contributed by atoms with E-state index in [0.29, 0.717) is 17.0 Å². The van der Waals surface area contributed by atoms with Crippen molar-refractivity contribution >= 4 is 34.2 Å². The Morgan fingerprint density at radius 1 is 1.29 bits per heavy atom. The summed E-state index contributed by atoms with van der Waals surface area (Å²) in [6.07, 6.45) is -0.629. The second-order valence-corrected chi connectivity index (χ2v) is 5.64. The second-order valence-electron chi connectivity index (χ2n) is 4.40. The maximum absolute atomic E-state index is 12.1. The first-order valence-electron chi connectivity index (χ1n) is 6.32. The smallest absolute Gasteiger partial charge is 0.265 e. The largest absolute Gasteiger partial charge is 0.481 e. The highest BCUT2D eigenvalue weighted by Crippen LogP contribution is 2.16. The SMILES string of the molecule is C[C@H](Oc1ccc(I)cc1)C(=O)Nc1cccc(C#N)c1. The van der Waals surface area contributed by atoms with Crippen LogP contribution in [0.3, 0.4) is 0 Å². The molecule has 0 heterocycles. The van der Waals surface area contributed by atoms with Crippen molar-refractivity contribution in [1.82, 2.24) is 0 Å². The van der Waals surface area contributed by atoms with Gasteiger partial charge in [0, 0.05) is 9.26 Å². The molecule has 5 heteroatoms. The van der Waals surface area contributed by atoms with Crippen molar-refractivity contribution in [2.75, 3.05) is 5.32 Å². The summed E-state index contributed by atoms with van der Waals surface area (Å²) in [6, 6.07) is 16.3. The van der Waals surface area contributed by atoms with E-state index in [-0.39, 0.29) is 5.91 Å². The first-order chi connectivity index (χ1) is 10.1. The summed E-state index contributed by atoms with van der Waals surface area (Å²) in [7, 11) is 0. The van der Waals surface area contributed by atoms with Crippen molar-refractivity contribution in [2.45, 2.75) is 13.0 Å². The third kappa shape index (κ3) is 4.46. The van der Waals surface area contributed by atoms with Gasteiger partial charge in [0.05, 0.1) is 11.6 Å². The predicted molar refractivity (Wildman–Crippen MR) is 89.0 cm³/mol. The van der Waals surface area contributed by atoms with Crippen molar-refractivity contribution in [1.29, 1.82) is 5.26 Å². The number of amides is 1. The summed E-state index contributed by atoms with van der Waals surface area (Å²) in [6.45, 7) is 1.68. The van der Waals surface area contributed by atoms with Crippen LogP contribution in [-0.2, 0) is 4.79 Å². The van der Waals surface area contributed by atoms with Crippen LogP contribution >= 0.6 is 22.6 Å². The fourth-order valence-electron chi connectivity index (χ4n) is 1.68. The van der Waals surface area contributed by atoms with Crippen molar-refractivity contribution < 1.29 is 9.53 Å². The van der Waals surface area contributed by atoms with Gasteiger partial charge in [-0.05, 0) is 72.0 Å². The van der Waals surface area contributed by atoms with Crippen LogP contribution in [0.25, 0.3) is 0 Å². The Morgan fingerprint density at radius 2 is 2.00 bits per heavy atom. The molecule has 0 unspecified atom stereocenters. The molecule has 106 valence electrons. The number of benzene rings is 2. The van der Waals surface area contributed by atoms with Gasteiger partial charge in [-0.15, -0.1) is 0 Å². The van der Waals surface area contributed by atoms with E-state index >= 15 is 0 Å². The van der Waals surface area contributed by atoms with E-state index in [9.17, 15) is 4.79 Å². The van der Waals surface area contributed by atoms with Gasteiger partial charge in [-0.1, -0.05) is 6.07 Å². The Hall–Kier alpha value is -2.07. The van der Waals surface area contributed by atoms with Crippen molar-refractivity contribution in [3.8, 4) is 11.8 Å². The van der Waals surface area contributed by atoms with E-state index in [2.05, 4.69) is 27.9 Å². The number of anilines is 1. The van der Waals surface area contributed by atoms with Gasteiger partial charge in [-0.2, -0.15) is 5.26 Å². The zero-order valence-corrected chi connectivity index (χ0v) is 13.5. The van der Waals surface area contributed by atoms with Crippen LogP contribution in [0.4, 0.5) is 5.69 Å². The summed E-state index contributed by atoms with van der Waals surface area (Å²) < 4.78 is 6.68. The van der Waals surface area contributed by atoms with E-state index in [1.165, 1.54) is 0 Å². The minimum Gasteiger partial charge on any atom is -0.481 e. The van der Waals surface area contributed by atoms with Crippen LogP contribution in [0.15, 0.2) is 48.5 Å². The molecule has 21 heavy (non-hydrogen) atoms. The molecule has 4 nitrogen and oxygen atoms in total. The molecular formula is C16H13IN2O2. The van der Waals surface area contributed by atoms with E-state index in [4.69, 9.17) is 10.00 Å². The summed E-state index contributed by atoms with van der Waals surface area (Å²) in [5.74, 6) is 0.382. The standard InChI is InChI=1S/C16H13IN2O2/c1-11(21-15-7-5-13(17)6-8-15)16(20)19-14-4-2-3-12(9-14)10-18/h2-9,11H,1H3,(H,19,20)/t11-/m0/s1. The van der Waals surface area contributed by atoms with Crippen molar-refractivity contribution in [3.63, 3.8) is 0 Å². The quantitative estimate of drug-likeness (QED) is 0.810. The fraction of sp³-hybridized carbons (Fsp3) is 0.125. The fourth-order valence-corrected chi connectivity index (χ4v) is 2.04. The number of nitrogens with zero attached hydrogens (tertiary/aromatic N) is 1. The van der Waals surface area contributed by atoms with E-state index < -0.39 is 6.10 Å². The Labute approximate surface area is 136 Å². The van der Waals surface area contributed by atoms with Gasteiger partial charge < -0.3 is 10.1 Å². The number of halogens is 1. The molecule has 2 rings (SSSR count). The number of nitrogens with one attached hydrogen (secondary N) is 1. The minimum atomic E-state index is -0.629. The first-order valence-corrected chi connectivity index (χ1v) is 7.39. The third-order valence-corrected chi connectivity index (χ3v) is 3.47. The summed E-state index contributed by atoms with van der Waals surface area (Å²) in [5.41, 5.74) is 1.08. The number of ether oxygens (including phenoxy) is 1. The van der Waals surface area contributed by atoms with Crippen LogP contribution in [0.2, 0.25) is 0 Å². The number of carbonyl (C=O) groups excluding carboxylic acids is 1. The molecule has 0 aliphatic rings. The van der Waals surface area contributed by atoms with Gasteiger partial charge >= 0.3 is 0 Å². The maximum atomic E-state index is 12.1. The number of hydrogen-bond donors (Lipinski definition) is 1. The van der Waals surface area contributed by atoms with Crippen molar-refractivity contribution in [2.24, 2.45) is 0 Å². The maximum Gasteiger partial charge on any atom is 0.265 e. The number of carbonyl (C=O) groups is 1. The Kier molecular flexibility index (Phi) is 5.17. The summed E-state index contributed by atoms with van der Waals surface area (Å²) in [4.78, 5) is 12.1. The van der Waals surface area contributed by atoms with Gasteiger partial charge in [0.25, 0.3) is 5.91 Å². The second kappa shape index (κ2) is 7.09. The lowest BCUT2D eigenvalue weighted by molar-refractivity contribution is -0.122. The molecule has 0 saturated heterocycles. The lowest BCUT2D eigenvalue weighted by atomic mass is 10.2. The van der Waals surface area contributed by atoms with Crippen molar-refractivity contribution in [3.05, 3.63) is 57.7 Å². The van der Waals surface area contributed by atoms with Gasteiger partial charge in [-0.3, -0.25) is 4.79 Å². The lowest BCUT2D eigenvalue weighted by Gasteiger charge is -2.14. The molecule has 1 atom stereocenters. The molecule has 1 amide bonds. The molecule has 0 bridgehead atoms. The lowest BCUT2D eigenvalue weighted by Crippen LogP contribution is -2.30. The van der Waals surface area contributed by atoms with Crippen LogP contribution in [0.5, 0.6) is 5.75 Å². The minimum absolute atomic E-state index is 0.261. The molecular weight excluding hydrogens is 379 g/mol. The van der Waals surface area contributed by atoms with Crippen LogP contribution in [0, 0.1) is 14.9 Å².